The van der Waals surface area contributed by atoms with Crippen molar-refractivity contribution < 1.29 is 13.9 Å². The van der Waals surface area contributed by atoms with Crippen LogP contribution in [0.5, 0.6) is 5.75 Å². The van der Waals surface area contributed by atoms with Gasteiger partial charge in [0.25, 0.3) is 0 Å². The zero-order chi connectivity index (χ0) is 20.8. The number of carbonyl (C=O) groups excluding carboxylic acids is 1. The van der Waals surface area contributed by atoms with Crippen LogP contribution < -0.4 is 10.1 Å². The SMILES string of the molecule is CCC(C)C(NC(=O)Cc1ccc(OC)cc1)c1nnc(-c2ccc(Cl)cc2)o1. The van der Waals surface area contributed by atoms with Crippen LogP contribution in [0.4, 0.5) is 0 Å². The van der Waals surface area contributed by atoms with Crippen molar-refractivity contribution in [3.8, 4) is 17.2 Å². The fraction of sp³-hybridized carbons (Fsp3) is 0.318. The summed E-state index contributed by atoms with van der Waals surface area (Å²) in [6, 6.07) is 14.2. The highest BCUT2D eigenvalue weighted by atomic mass is 35.5. The largest absolute Gasteiger partial charge is 0.497 e. The first-order valence-corrected chi connectivity index (χ1v) is 9.89. The Morgan fingerprint density at radius 3 is 2.45 bits per heavy atom. The van der Waals surface area contributed by atoms with Crippen molar-refractivity contribution in [1.82, 2.24) is 15.5 Å². The average molecular weight is 414 g/mol. The van der Waals surface area contributed by atoms with Gasteiger partial charge in [-0.15, -0.1) is 10.2 Å². The highest BCUT2D eigenvalue weighted by Gasteiger charge is 2.26. The molecule has 152 valence electrons. The maximum Gasteiger partial charge on any atom is 0.247 e. The number of ether oxygens (including phenoxy) is 1. The Balaban J connectivity index is 1.74. The number of nitrogens with zero attached hydrogens (tertiary/aromatic N) is 2. The van der Waals surface area contributed by atoms with Gasteiger partial charge in [-0.05, 0) is 47.9 Å². The quantitative estimate of drug-likeness (QED) is 0.571. The minimum atomic E-state index is -0.362. The zero-order valence-electron chi connectivity index (χ0n) is 16.7. The van der Waals surface area contributed by atoms with Gasteiger partial charge in [0.2, 0.25) is 17.7 Å². The molecular formula is C22H24ClN3O3. The van der Waals surface area contributed by atoms with Crippen molar-refractivity contribution in [2.75, 3.05) is 7.11 Å². The van der Waals surface area contributed by atoms with Crippen molar-refractivity contribution in [3.63, 3.8) is 0 Å². The first kappa shape index (κ1) is 20.9. The number of rotatable bonds is 8. The number of carbonyl (C=O) groups is 1. The molecule has 0 radical (unpaired) electrons. The van der Waals surface area contributed by atoms with E-state index in [0.717, 1.165) is 23.3 Å². The lowest BCUT2D eigenvalue weighted by Crippen LogP contribution is -2.33. The maximum atomic E-state index is 12.6. The van der Waals surface area contributed by atoms with E-state index in [9.17, 15) is 4.79 Å². The van der Waals surface area contributed by atoms with Gasteiger partial charge >= 0.3 is 0 Å². The van der Waals surface area contributed by atoms with Crippen molar-refractivity contribution in [2.24, 2.45) is 5.92 Å². The number of aromatic nitrogens is 2. The predicted molar refractivity (Wildman–Crippen MR) is 112 cm³/mol. The summed E-state index contributed by atoms with van der Waals surface area (Å²) >= 11 is 5.93. The number of benzene rings is 2. The summed E-state index contributed by atoms with van der Waals surface area (Å²) < 4.78 is 11.0. The monoisotopic (exact) mass is 413 g/mol. The fourth-order valence-corrected chi connectivity index (χ4v) is 3.03. The van der Waals surface area contributed by atoms with Gasteiger partial charge in [0.1, 0.15) is 11.8 Å². The predicted octanol–water partition coefficient (Wildman–Crippen LogP) is 4.84. The zero-order valence-corrected chi connectivity index (χ0v) is 17.4. The Morgan fingerprint density at radius 2 is 1.83 bits per heavy atom. The first-order valence-electron chi connectivity index (χ1n) is 9.51. The van der Waals surface area contributed by atoms with Crippen molar-refractivity contribution >= 4 is 17.5 Å². The Bertz CT molecular complexity index is 939. The third-order valence-corrected chi connectivity index (χ3v) is 5.10. The molecule has 0 aliphatic rings. The average Bonchev–Trinajstić information content (AvgIpc) is 3.22. The van der Waals surface area contributed by atoms with E-state index in [1.165, 1.54) is 0 Å². The molecule has 0 aliphatic carbocycles. The third kappa shape index (κ3) is 5.35. The topological polar surface area (TPSA) is 77.2 Å². The Morgan fingerprint density at radius 1 is 1.14 bits per heavy atom. The molecule has 1 aromatic heterocycles. The molecule has 3 rings (SSSR count). The van der Waals surface area contributed by atoms with Gasteiger partial charge in [-0.1, -0.05) is 44.0 Å². The number of hydrogen-bond donors (Lipinski definition) is 1. The van der Waals surface area contributed by atoms with Gasteiger partial charge in [-0.3, -0.25) is 4.79 Å². The van der Waals surface area contributed by atoms with Crippen LogP contribution in [-0.4, -0.2) is 23.2 Å². The van der Waals surface area contributed by atoms with Crippen molar-refractivity contribution in [2.45, 2.75) is 32.7 Å². The maximum absolute atomic E-state index is 12.6. The highest BCUT2D eigenvalue weighted by Crippen LogP contribution is 2.27. The molecule has 6 nitrogen and oxygen atoms in total. The Kier molecular flexibility index (Phi) is 6.88. The molecule has 3 aromatic rings. The van der Waals surface area contributed by atoms with E-state index >= 15 is 0 Å². The second-order valence-electron chi connectivity index (χ2n) is 6.91. The molecule has 2 atom stereocenters. The van der Waals surface area contributed by atoms with Crippen LogP contribution >= 0.6 is 11.6 Å². The Hall–Kier alpha value is -2.86. The van der Waals surface area contributed by atoms with Gasteiger partial charge in [-0.2, -0.15) is 0 Å². The summed E-state index contributed by atoms with van der Waals surface area (Å²) in [4.78, 5) is 12.6. The van der Waals surface area contributed by atoms with Crippen molar-refractivity contribution in [3.05, 3.63) is 65.0 Å². The van der Waals surface area contributed by atoms with E-state index in [1.807, 2.05) is 43.3 Å². The minimum Gasteiger partial charge on any atom is -0.497 e. The molecule has 0 fully saturated rings. The van der Waals surface area contributed by atoms with Crippen LogP contribution in [0.25, 0.3) is 11.5 Å². The molecule has 7 heteroatoms. The van der Waals surface area contributed by atoms with E-state index < -0.39 is 0 Å². The summed E-state index contributed by atoms with van der Waals surface area (Å²) in [5.41, 5.74) is 1.68. The number of amides is 1. The van der Waals surface area contributed by atoms with Crippen LogP contribution in [0, 0.1) is 5.92 Å². The fourth-order valence-electron chi connectivity index (χ4n) is 2.91. The molecule has 29 heavy (non-hydrogen) atoms. The minimum absolute atomic E-state index is 0.105. The van der Waals surface area contributed by atoms with Gasteiger partial charge in [0.05, 0.1) is 13.5 Å². The number of nitrogens with one attached hydrogen (secondary N) is 1. The number of hydrogen-bond acceptors (Lipinski definition) is 5. The lowest BCUT2D eigenvalue weighted by molar-refractivity contribution is -0.121. The summed E-state index contributed by atoms with van der Waals surface area (Å²) in [6.45, 7) is 4.11. The van der Waals surface area contributed by atoms with Gasteiger partial charge in [0.15, 0.2) is 0 Å². The molecule has 2 aromatic carbocycles. The standard InChI is InChI=1S/C22H24ClN3O3/c1-4-14(2)20(24-19(27)13-15-5-11-18(28-3)12-6-15)22-26-25-21(29-22)16-7-9-17(23)10-8-16/h5-12,14,20H,4,13H2,1-3H3,(H,24,27). The van der Waals surface area contributed by atoms with E-state index in [1.54, 1.807) is 19.2 Å². The van der Waals surface area contributed by atoms with Gasteiger partial charge in [0, 0.05) is 10.6 Å². The highest BCUT2D eigenvalue weighted by molar-refractivity contribution is 6.30. The number of methoxy groups -OCH3 is 1. The summed E-state index contributed by atoms with van der Waals surface area (Å²) in [5.74, 6) is 1.58. The molecular weight excluding hydrogens is 390 g/mol. The van der Waals surface area contributed by atoms with Crippen LogP contribution in [0.15, 0.2) is 52.9 Å². The molecule has 2 unspecified atom stereocenters. The molecule has 0 aliphatic heterocycles. The molecule has 1 N–H and O–H groups in total. The Labute approximate surface area is 175 Å². The van der Waals surface area contributed by atoms with E-state index in [-0.39, 0.29) is 24.3 Å². The normalized spacial score (nSPS) is 13.0. The van der Waals surface area contributed by atoms with Crippen LogP contribution in [-0.2, 0) is 11.2 Å². The molecule has 0 spiro atoms. The number of halogens is 1. The van der Waals surface area contributed by atoms with E-state index in [4.69, 9.17) is 20.8 Å². The second kappa shape index (κ2) is 9.56. The molecule has 1 heterocycles. The molecule has 1 amide bonds. The summed E-state index contributed by atoms with van der Waals surface area (Å²) in [7, 11) is 1.61. The molecule has 0 saturated heterocycles. The van der Waals surface area contributed by atoms with Gasteiger partial charge in [-0.25, -0.2) is 0 Å². The van der Waals surface area contributed by atoms with Gasteiger partial charge < -0.3 is 14.5 Å². The molecule has 0 saturated carbocycles. The van der Waals surface area contributed by atoms with Crippen molar-refractivity contribution in [1.29, 1.82) is 0 Å². The smallest absolute Gasteiger partial charge is 0.247 e. The summed E-state index contributed by atoms with van der Waals surface area (Å²) in [6.07, 6.45) is 1.11. The van der Waals surface area contributed by atoms with Crippen LogP contribution in [0.3, 0.4) is 0 Å². The van der Waals surface area contributed by atoms with Crippen LogP contribution in [0.1, 0.15) is 37.8 Å². The van der Waals surface area contributed by atoms with Crippen LogP contribution in [0.2, 0.25) is 5.02 Å². The lowest BCUT2D eigenvalue weighted by atomic mass is 9.98. The second-order valence-corrected chi connectivity index (χ2v) is 7.34. The molecule has 0 bridgehead atoms. The first-order chi connectivity index (χ1) is 14.0. The van der Waals surface area contributed by atoms with E-state index in [0.29, 0.717) is 16.8 Å². The third-order valence-electron chi connectivity index (χ3n) is 4.85. The van der Waals surface area contributed by atoms with E-state index in [2.05, 4.69) is 22.4 Å². The summed E-state index contributed by atoms with van der Waals surface area (Å²) in [5, 5.41) is 12.0. The lowest BCUT2D eigenvalue weighted by Gasteiger charge is -2.21.